The molecule has 3 aromatic rings. The maximum Gasteiger partial charge on any atom is 0.147 e. The molecule has 3 heterocycles. The number of fused-ring (bicyclic) bond motifs is 1. The molecular formula is C10H8N4S. The number of nitrogens with two attached hydrogens (primary N) is 1. The molecule has 74 valence electrons. The average Bonchev–Trinajstić information content (AvgIpc) is 2.86. The van der Waals surface area contributed by atoms with Crippen molar-refractivity contribution < 1.29 is 0 Å². The quantitative estimate of drug-likeness (QED) is 0.655. The van der Waals surface area contributed by atoms with Crippen molar-refractivity contribution in [1.82, 2.24) is 15.0 Å². The SMILES string of the molecule is Nc1nccc2cc(-c3cscn3)[nH]c12. The lowest BCUT2D eigenvalue weighted by Crippen LogP contribution is -1.89. The van der Waals surface area contributed by atoms with Gasteiger partial charge < -0.3 is 10.7 Å². The summed E-state index contributed by atoms with van der Waals surface area (Å²) in [4.78, 5) is 11.5. The first-order chi connectivity index (χ1) is 7.34. The van der Waals surface area contributed by atoms with E-state index in [1.807, 2.05) is 23.0 Å². The lowest BCUT2D eigenvalue weighted by Gasteiger charge is -1.92. The van der Waals surface area contributed by atoms with Gasteiger partial charge in [0.15, 0.2) is 0 Å². The van der Waals surface area contributed by atoms with Crippen molar-refractivity contribution >= 4 is 28.1 Å². The summed E-state index contributed by atoms with van der Waals surface area (Å²) in [6, 6.07) is 3.96. The van der Waals surface area contributed by atoms with Crippen LogP contribution in [0.2, 0.25) is 0 Å². The van der Waals surface area contributed by atoms with Crippen molar-refractivity contribution in [2.75, 3.05) is 5.73 Å². The summed E-state index contributed by atoms with van der Waals surface area (Å²) in [7, 11) is 0. The second-order valence-electron chi connectivity index (χ2n) is 3.22. The first-order valence-corrected chi connectivity index (χ1v) is 5.40. The van der Waals surface area contributed by atoms with E-state index < -0.39 is 0 Å². The van der Waals surface area contributed by atoms with Crippen LogP contribution in [0.15, 0.2) is 29.2 Å². The van der Waals surface area contributed by atoms with Gasteiger partial charge in [-0.05, 0) is 12.1 Å². The summed E-state index contributed by atoms with van der Waals surface area (Å²) in [6.45, 7) is 0. The molecule has 0 fully saturated rings. The highest BCUT2D eigenvalue weighted by Crippen LogP contribution is 2.25. The van der Waals surface area contributed by atoms with E-state index in [0.29, 0.717) is 5.82 Å². The first-order valence-electron chi connectivity index (χ1n) is 4.46. The number of aromatic amines is 1. The van der Waals surface area contributed by atoms with E-state index in [-0.39, 0.29) is 0 Å². The number of nitrogen functional groups attached to an aromatic ring is 1. The number of anilines is 1. The first kappa shape index (κ1) is 8.43. The number of thiazole rings is 1. The minimum absolute atomic E-state index is 0.522. The van der Waals surface area contributed by atoms with E-state index in [1.165, 1.54) is 0 Å². The van der Waals surface area contributed by atoms with Gasteiger partial charge in [-0.2, -0.15) is 0 Å². The Balaban J connectivity index is 2.27. The van der Waals surface area contributed by atoms with E-state index in [9.17, 15) is 0 Å². The van der Waals surface area contributed by atoms with Crippen LogP contribution < -0.4 is 5.73 Å². The van der Waals surface area contributed by atoms with E-state index in [2.05, 4.69) is 15.0 Å². The Morgan fingerprint density at radius 1 is 1.33 bits per heavy atom. The molecule has 3 rings (SSSR count). The number of nitrogens with zero attached hydrogens (tertiary/aromatic N) is 2. The molecule has 4 nitrogen and oxygen atoms in total. The Hall–Kier alpha value is -1.88. The number of aromatic nitrogens is 3. The van der Waals surface area contributed by atoms with E-state index in [1.54, 1.807) is 17.5 Å². The monoisotopic (exact) mass is 216 g/mol. The topological polar surface area (TPSA) is 67.6 Å². The Kier molecular flexibility index (Phi) is 1.72. The van der Waals surface area contributed by atoms with Gasteiger partial charge in [-0.15, -0.1) is 11.3 Å². The van der Waals surface area contributed by atoms with Crippen LogP contribution in [0.3, 0.4) is 0 Å². The fourth-order valence-electron chi connectivity index (χ4n) is 1.56. The molecule has 0 amide bonds. The van der Waals surface area contributed by atoms with Crippen LogP contribution in [0.4, 0.5) is 5.82 Å². The fourth-order valence-corrected chi connectivity index (χ4v) is 2.11. The molecule has 0 aliphatic heterocycles. The van der Waals surface area contributed by atoms with Gasteiger partial charge >= 0.3 is 0 Å². The van der Waals surface area contributed by atoms with Gasteiger partial charge in [-0.1, -0.05) is 0 Å². The molecule has 0 aromatic carbocycles. The van der Waals surface area contributed by atoms with Crippen LogP contribution in [0.5, 0.6) is 0 Å². The van der Waals surface area contributed by atoms with E-state index in [4.69, 9.17) is 5.73 Å². The molecule has 15 heavy (non-hydrogen) atoms. The number of rotatable bonds is 1. The molecule has 0 saturated carbocycles. The summed E-state index contributed by atoms with van der Waals surface area (Å²) in [5, 5.41) is 3.06. The van der Waals surface area contributed by atoms with Gasteiger partial charge in [0.05, 0.1) is 22.4 Å². The summed E-state index contributed by atoms with van der Waals surface area (Å²) >= 11 is 1.57. The second-order valence-corrected chi connectivity index (χ2v) is 3.94. The third kappa shape index (κ3) is 1.28. The van der Waals surface area contributed by atoms with E-state index >= 15 is 0 Å². The highest BCUT2D eigenvalue weighted by Gasteiger charge is 2.06. The second kappa shape index (κ2) is 3.06. The number of H-pyrrole nitrogens is 1. The smallest absolute Gasteiger partial charge is 0.147 e. The maximum absolute atomic E-state index is 5.76. The third-order valence-electron chi connectivity index (χ3n) is 2.28. The Bertz CT molecular complexity index is 597. The van der Waals surface area contributed by atoms with Gasteiger partial charge in [0.2, 0.25) is 0 Å². The molecule has 0 radical (unpaired) electrons. The largest absolute Gasteiger partial charge is 0.382 e. The van der Waals surface area contributed by atoms with Crippen molar-refractivity contribution in [3.8, 4) is 11.4 Å². The van der Waals surface area contributed by atoms with Crippen molar-refractivity contribution in [3.63, 3.8) is 0 Å². The minimum Gasteiger partial charge on any atom is -0.382 e. The minimum atomic E-state index is 0.522. The lowest BCUT2D eigenvalue weighted by atomic mass is 10.3. The number of nitrogens with one attached hydrogen (secondary N) is 1. The summed E-state index contributed by atoms with van der Waals surface area (Å²) in [5.41, 5.74) is 10.4. The summed E-state index contributed by atoms with van der Waals surface area (Å²) in [5.74, 6) is 0.522. The maximum atomic E-state index is 5.76. The standard InChI is InChI=1S/C10H8N4S/c11-10-9-6(1-2-12-10)3-7(14-9)8-4-15-5-13-8/h1-5,14H,(H2,11,12). The molecule has 0 saturated heterocycles. The molecule has 5 heteroatoms. The number of pyridine rings is 1. The molecule has 0 spiro atoms. The normalized spacial score (nSPS) is 10.9. The Morgan fingerprint density at radius 3 is 3.00 bits per heavy atom. The summed E-state index contributed by atoms with van der Waals surface area (Å²) < 4.78 is 0. The van der Waals surface area contributed by atoms with Crippen LogP contribution in [-0.2, 0) is 0 Å². The highest BCUT2D eigenvalue weighted by atomic mass is 32.1. The van der Waals surface area contributed by atoms with Crippen molar-refractivity contribution in [2.45, 2.75) is 0 Å². The molecule has 0 bridgehead atoms. The zero-order valence-electron chi connectivity index (χ0n) is 7.77. The van der Waals surface area contributed by atoms with Crippen molar-refractivity contribution in [3.05, 3.63) is 29.2 Å². The van der Waals surface area contributed by atoms with Gasteiger partial charge in [0, 0.05) is 17.0 Å². The van der Waals surface area contributed by atoms with Gasteiger partial charge in [-0.25, -0.2) is 9.97 Å². The van der Waals surface area contributed by atoms with Crippen molar-refractivity contribution in [1.29, 1.82) is 0 Å². The molecule has 0 aliphatic rings. The van der Waals surface area contributed by atoms with Crippen LogP contribution >= 0.6 is 11.3 Å². The third-order valence-corrected chi connectivity index (χ3v) is 2.87. The predicted molar refractivity (Wildman–Crippen MR) is 61.6 cm³/mol. The zero-order valence-corrected chi connectivity index (χ0v) is 8.58. The van der Waals surface area contributed by atoms with Crippen LogP contribution in [0.1, 0.15) is 0 Å². The molecule has 3 aromatic heterocycles. The van der Waals surface area contributed by atoms with Gasteiger partial charge in [-0.3, -0.25) is 0 Å². The number of hydrogen-bond acceptors (Lipinski definition) is 4. The van der Waals surface area contributed by atoms with Crippen LogP contribution in [0.25, 0.3) is 22.3 Å². The van der Waals surface area contributed by atoms with Gasteiger partial charge in [0.1, 0.15) is 5.82 Å². The molecular weight excluding hydrogens is 208 g/mol. The fraction of sp³-hybridized carbons (Fsp3) is 0. The van der Waals surface area contributed by atoms with Gasteiger partial charge in [0.25, 0.3) is 0 Å². The molecule has 0 unspecified atom stereocenters. The van der Waals surface area contributed by atoms with Crippen LogP contribution in [-0.4, -0.2) is 15.0 Å². The molecule has 0 aliphatic carbocycles. The summed E-state index contributed by atoms with van der Waals surface area (Å²) in [6.07, 6.45) is 1.70. The number of hydrogen-bond donors (Lipinski definition) is 2. The predicted octanol–water partition coefficient (Wildman–Crippen LogP) is 2.27. The highest BCUT2D eigenvalue weighted by molar-refractivity contribution is 7.07. The zero-order chi connectivity index (χ0) is 10.3. The Morgan fingerprint density at radius 2 is 2.27 bits per heavy atom. The molecule has 0 atom stereocenters. The Labute approximate surface area is 89.8 Å². The lowest BCUT2D eigenvalue weighted by molar-refractivity contribution is 1.32. The van der Waals surface area contributed by atoms with E-state index in [0.717, 1.165) is 22.3 Å². The van der Waals surface area contributed by atoms with Crippen molar-refractivity contribution in [2.24, 2.45) is 0 Å². The average molecular weight is 216 g/mol. The van der Waals surface area contributed by atoms with Crippen LogP contribution in [0, 0.1) is 0 Å². The molecule has 3 N–H and O–H groups in total.